The molecule has 0 aromatic heterocycles. The molecule has 0 N–H and O–H groups in total. The zero-order chi connectivity index (χ0) is 10.1. The zero-order valence-electron chi connectivity index (χ0n) is 8.09. The number of hydrogen-bond donors (Lipinski definition) is 0. The van der Waals surface area contributed by atoms with Gasteiger partial charge < -0.3 is 4.90 Å². The quantitative estimate of drug-likeness (QED) is 0.670. The average molecular weight is 193 g/mol. The van der Waals surface area contributed by atoms with Crippen molar-refractivity contribution in [3.8, 4) is 0 Å². The molecule has 0 unspecified atom stereocenters. The third kappa shape index (κ3) is 1.39. The van der Waals surface area contributed by atoms with Gasteiger partial charge in [0, 0.05) is 13.0 Å². The minimum absolute atomic E-state index is 0.0261. The Hall–Kier alpha value is -1.38. The van der Waals surface area contributed by atoms with Crippen molar-refractivity contribution in [1.82, 2.24) is 0 Å². The van der Waals surface area contributed by atoms with Gasteiger partial charge >= 0.3 is 0 Å². The van der Waals surface area contributed by atoms with E-state index in [1.165, 1.54) is 6.07 Å². The summed E-state index contributed by atoms with van der Waals surface area (Å²) in [5, 5.41) is 0. The fourth-order valence-electron chi connectivity index (χ4n) is 1.85. The van der Waals surface area contributed by atoms with Gasteiger partial charge in [-0.2, -0.15) is 0 Å². The minimum atomic E-state index is -0.305. The molecule has 3 heteroatoms. The van der Waals surface area contributed by atoms with Crippen molar-refractivity contribution in [3.05, 3.63) is 29.6 Å². The Labute approximate surface area is 82.3 Å². The Morgan fingerprint density at radius 3 is 2.79 bits per heavy atom. The summed E-state index contributed by atoms with van der Waals surface area (Å²) in [5.41, 5.74) is 1.27. The molecular formula is C11H12FNO. The van der Waals surface area contributed by atoms with E-state index in [1.54, 1.807) is 11.0 Å². The van der Waals surface area contributed by atoms with Gasteiger partial charge in [0.15, 0.2) is 0 Å². The van der Waals surface area contributed by atoms with E-state index in [4.69, 9.17) is 0 Å². The lowest BCUT2D eigenvalue weighted by Gasteiger charge is -2.18. The van der Waals surface area contributed by atoms with Gasteiger partial charge in [-0.25, -0.2) is 4.39 Å². The molecule has 1 amide bonds. The van der Waals surface area contributed by atoms with Crippen LogP contribution in [0.15, 0.2) is 18.2 Å². The number of anilines is 1. The van der Waals surface area contributed by atoms with Gasteiger partial charge in [0.1, 0.15) is 5.82 Å². The third-order valence-electron chi connectivity index (χ3n) is 2.53. The second kappa shape index (κ2) is 3.40. The monoisotopic (exact) mass is 193 g/mol. The van der Waals surface area contributed by atoms with Crippen molar-refractivity contribution in [2.24, 2.45) is 0 Å². The van der Waals surface area contributed by atoms with Crippen LogP contribution in [0.25, 0.3) is 0 Å². The largest absolute Gasteiger partial charge is 0.309 e. The van der Waals surface area contributed by atoms with Gasteiger partial charge in [-0.05, 0) is 25.0 Å². The van der Waals surface area contributed by atoms with Gasteiger partial charge in [0.2, 0.25) is 5.91 Å². The Morgan fingerprint density at radius 2 is 2.21 bits per heavy atom. The van der Waals surface area contributed by atoms with Crippen LogP contribution < -0.4 is 4.90 Å². The van der Waals surface area contributed by atoms with Crippen LogP contribution in [0.3, 0.4) is 0 Å². The molecular weight excluding hydrogens is 181 g/mol. The van der Waals surface area contributed by atoms with Gasteiger partial charge in [-0.15, -0.1) is 0 Å². The average Bonchev–Trinajstić information content (AvgIpc) is 2.52. The predicted molar refractivity (Wildman–Crippen MR) is 52.7 cm³/mol. The van der Waals surface area contributed by atoms with Crippen LogP contribution in [0, 0.1) is 12.7 Å². The first-order chi connectivity index (χ1) is 6.70. The summed E-state index contributed by atoms with van der Waals surface area (Å²) in [6.45, 7) is 2.46. The molecule has 1 saturated heterocycles. The van der Waals surface area contributed by atoms with E-state index in [-0.39, 0.29) is 11.7 Å². The first kappa shape index (κ1) is 9.19. The van der Waals surface area contributed by atoms with Crippen LogP contribution in [0.2, 0.25) is 0 Å². The van der Waals surface area contributed by atoms with Crippen LogP contribution in [0.5, 0.6) is 0 Å². The number of rotatable bonds is 1. The number of amides is 1. The molecule has 0 bridgehead atoms. The maximum Gasteiger partial charge on any atom is 0.227 e. The minimum Gasteiger partial charge on any atom is -0.309 e. The van der Waals surface area contributed by atoms with Crippen molar-refractivity contribution in [1.29, 1.82) is 0 Å². The van der Waals surface area contributed by atoms with Crippen molar-refractivity contribution in [2.45, 2.75) is 19.8 Å². The number of para-hydroxylation sites is 1. The molecule has 1 aromatic carbocycles. The van der Waals surface area contributed by atoms with E-state index in [9.17, 15) is 9.18 Å². The highest BCUT2D eigenvalue weighted by Gasteiger charge is 2.25. The van der Waals surface area contributed by atoms with Crippen molar-refractivity contribution >= 4 is 11.6 Å². The fraction of sp³-hybridized carbons (Fsp3) is 0.364. The molecule has 2 rings (SSSR count). The Morgan fingerprint density at radius 1 is 1.43 bits per heavy atom. The van der Waals surface area contributed by atoms with E-state index >= 15 is 0 Å². The Bertz CT molecular complexity index is 355. The second-order valence-corrected chi connectivity index (χ2v) is 3.55. The predicted octanol–water partition coefficient (Wildman–Crippen LogP) is 2.26. The molecule has 1 aliphatic rings. The molecule has 0 atom stereocenters. The smallest absolute Gasteiger partial charge is 0.227 e. The van der Waals surface area contributed by atoms with Crippen molar-refractivity contribution < 1.29 is 9.18 Å². The van der Waals surface area contributed by atoms with Gasteiger partial charge in [0.05, 0.1) is 5.69 Å². The Kier molecular flexibility index (Phi) is 2.23. The first-order valence-corrected chi connectivity index (χ1v) is 4.75. The second-order valence-electron chi connectivity index (χ2n) is 3.55. The van der Waals surface area contributed by atoms with Crippen LogP contribution in [0.1, 0.15) is 18.4 Å². The maximum atomic E-state index is 13.5. The molecule has 0 radical (unpaired) electrons. The van der Waals surface area contributed by atoms with E-state index in [2.05, 4.69) is 0 Å². The summed E-state index contributed by atoms with van der Waals surface area (Å²) in [5.74, 6) is -0.279. The van der Waals surface area contributed by atoms with Crippen LogP contribution >= 0.6 is 0 Å². The molecule has 1 aromatic rings. The number of hydrogen-bond acceptors (Lipinski definition) is 1. The number of benzene rings is 1. The number of carbonyl (C=O) groups is 1. The van der Waals surface area contributed by atoms with E-state index in [0.717, 1.165) is 12.0 Å². The first-order valence-electron chi connectivity index (χ1n) is 4.75. The molecule has 14 heavy (non-hydrogen) atoms. The number of carbonyl (C=O) groups excluding carboxylic acids is 1. The lowest BCUT2D eigenvalue weighted by Crippen LogP contribution is -2.25. The maximum absolute atomic E-state index is 13.5. The number of nitrogens with zero attached hydrogens (tertiary/aromatic N) is 1. The lowest BCUT2D eigenvalue weighted by atomic mass is 10.2. The summed E-state index contributed by atoms with van der Waals surface area (Å²) in [7, 11) is 0. The van der Waals surface area contributed by atoms with Crippen LogP contribution in [-0.2, 0) is 4.79 Å². The van der Waals surface area contributed by atoms with Crippen LogP contribution in [0.4, 0.5) is 10.1 Å². The molecule has 0 aliphatic carbocycles. The van der Waals surface area contributed by atoms with Crippen molar-refractivity contribution in [3.63, 3.8) is 0 Å². The highest BCUT2D eigenvalue weighted by Crippen LogP contribution is 2.27. The number of aryl methyl sites for hydroxylation is 1. The highest BCUT2D eigenvalue weighted by atomic mass is 19.1. The van der Waals surface area contributed by atoms with Gasteiger partial charge in [0.25, 0.3) is 0 Å². The third-order valence-corrected chi connectivity index (χ3v) is 2.53. The summed E-state index contributed by atoms with van der Waals surface area (Å²) >= 11 is 0. The molecule has 1 fully saturated rings. The summed E-state index contributed by atoms with van der Waals surface area (Å²) < 4.78 is 13.5. The molecule has 0 spiro atoms. The summed E-state index contributed by atoms with van der Waals surface area (Å²) in [6, 6.07) is 4.88. The highest BCUT2D eigenvalue weighted by molar-refractivity contribution is 5.96. The normalized spacial score (nSPS) is 16.4. The zero-order valence-corrected chi connectivity index (χ0v) is 8.09. The molecule has 1 aliphatic heterocycles. The SMILES string of the molecule is Cc1cccc(F)c1N1CCCC1=O. The number of halogens is 1. The fourth-order valence-corrected chi connectivity index (χ4v) is 1.85. The molecule has 0 saturated carbocycles. The van der Waals surface area contributed by atoms with E-state index in [1.807, 2.05) is 13.0 Å². The molecule has 1 heterocycles. The van der Waals surface area contributed by atoms with E-state index < -0.39 is 0 Å². The topological polar surface area (TPSA) is 20.3 Å². The Balaban J connectivity index is 2.44. The molecule has 74 valence electrons. The van der Waals surface area contributed by atoms with E-state index in [0.29, 0.717) is 18.7 Å². The van der Waals surface area contributed by atoms with Crippen LogP contribution in [-0.4, -0.2) is 12.5 Å². The van der Waals surface area contributed by atoms with Gasteiger partial charge in [-0.3, -0.25) is 4.79 Å². The summed E-state index contributed by atoms with van der Waals surface area (Å²) in [6.07, 6.45) is 1.36. The lowest BCUT2D eigenvalue weighted by molar-refractivity contribution is -0.117. The van der Waals surface area contributed by atoms with Gasteiger partial charge in [-0.1, -0.05) is 12.1 Å². The molecule has 2 nitrogen and oxygen atoms in total. The standard InChI is InChI=1S/C11H12FNO/c1-8-4-2-5-9(12)11(8)13-7-3-6-10(13)14/h2,4-5H,3,6-7H2,1H3. The van der Waals surface area contributed by atoms with Crippen molar-refractivity contribution in [2.75, 3.05) is 11.4 Å². The summed E-state index contributed by atoms with van der Waals surface area (Å²) in [4.78, 5) is 13.0.